The van der Waals surface area contributed by atoms with Crippen molar-refractivity contribution in [1.82, 2.24) is 9.97 Å². The number of fused-ring (bicyclic) bond motifs is 1. The van der Waals surface area contributed by atoms with Gasteiger partial charge in [0.25, 0.3) is 0 Å². The molecule has 0 aromatic carbocycles. The molecule has 0 aliphatic carbocycles. The summed E-state index contributed by atoms with van der Waals surface area (Å²) in [4.78, 5) is 8.49. The van der Waals surface area contributed by atoms with E-state index in [-0.39, 0.29) is 19.1 Å². The summed E-state index contributed by atoms with van der Waals surface area (Å²) in [5, 5.41) is 18.5. The average molecular weight is 234 g/mol. The summed E-state index contributed by atoms with van der Waals surface area (Å²) in [5.74, 6) is 0.140. The van der Waals surface area contributed by atoms with Gasteiger partial charge in [0.15, 0.2) is 0 Å². The highest BCUT2D eigenvalue weighted by Gasteiger charge is 2.14. The first-order valence-electron chi connectivity index (χ1n) is 5.31. The molecule has 2 rings (SSSR count). The number of hydrogen-bond donors (Lipinski definition) is 2. The lowest BCUT2D eigenvalue weighted by Crippen LogP contribution is -2.10. The lowest BCUT2D eigenvalue weighted by molar-refractivity contribution is 0.193. The number of methoxy groups -OCH3 is 1. The molecule has 0 saturated heterocycles. The van der Waals surface area contributed by atoms with Gasteiger partial charge < -0.3 is 14.9 Å². The van der Waals surface area contributed by atoms with E-state index in [0.717, 1.165) is 11.1 Å². The molecule has 2 aromatic heterocycles. The summed E-state index contributed by atoms with van der Waals surface area (Å²) in [5.41, 5.74) is 2.15. The second-order valence-electron chi connectivity index (χ2n) is 3.68. The van der Waals surface area contributed by atoms with Crippen LogP contribution in [0.5, 0.6) is 5.88 Å². The van der Waals surface area contributed by atoms with Gasteiger partial charge in [-0.05, 0) is 17.7 Å². The zero-order chi connectivity index (χ0) is 12.3. The van der Waals surface area contributed by atoms with Gasteiger partial charge in [-0.2, -0.15) is 0 Å². The minimum Gasteiger partial charge on any atom is -0.481 e. The molecule has 2 heterocycles. The summed E-state index contributed by atoms with van der Waals surface area (Å²) in [6, 6.07) is 5.29. The van der Waals surface area contributed by atoms with Gasteiger partial charge in [-0.3, -0.25) is 4.98 Å². The van der Waals surface area contributed by atoms with E-state index in [9.17, 15) is 10.2 Å². The molecule has 0 atom stereocenters. The van der Waals surface area contributed by atoms with Gasteiger partial charge in [0.2, 0.25) is 5.88 Å². The number of nitrogens with zero attached hydrogens (tertiary/aromatic N) is 2. The molecule has 5 heteroatoms. The molecule has 17 heavy (non-hydrogen) atoms. The summed E-state index contributed by atoms with van der Waals surface area (Å²) in [7, 11) is 1.54. The lowest BCUT2D eigenvalue weighted by Gasteiger charge is -2.13. The van der Waals surface area contributed by atoms with Crippen molar-refractivity contribution < 1.29 is 14.9 Å². The number of rotatable bonds is 4. The molecule has 0 unspecified atom stereocenters. The molecule has 5 nitrogen and oxygen atoms in total. The molecule has 0 fully saturated rings. The highest BCUT2D eigenvalue weighted by molar-refractivity contribution is 5.78. The molecule has 2 aromatic rings. The van der Waals surface area contributed by atoms with Crippen molar-refractivity contribution in [3.05, 3.63) is 30.0 Å². The maximum absolute atomic E-state index is 9.23. The van der Waals surface area contributed by atoms with Crippen molar-refractivity contribution in [2.45, 2.75) is 5.92 Å². The Morgan fingerprint density at radius 3 is 2.65 bits per heavy atom. The third kappa shape index (κ3) is 2.20. The summed E-state index contributed by atoms with van der Waals surface area (Å²) in [6.45, 7) is -0.261. The van der Waals surface area contributed by atoms with E-state index in [2.05, 4.69) is 9.97 Å². The van der Waals surface area contributed by atoms with Crippen LogP contribution in [0.25, 0.3) is 11.0 Å². The van der Waals surface area contributed by atoms with Gasteiger partial charge in [0, 0.05) is 18.2 Å². The third-order valence-electron chi connectivity index (χ3n) is 2.68. The normalized spacial score (nSPS) is 11.1. The Balaban J connectivity index is 2.61. The Kier molecular flexibility index (Phi) is 3.51. The lowest BCUT2D eigenvalue weighted by atomic mass is 10.0. The second-order valence-corrected chi connectivity index (χ2v) is 3.68. The maximum Gasteiger partial charge on any atom is 0.213 e. The van der Waals surface area contributed by atoms with E-state index in [1.807, 2.05) is 0 Å². The summed E-state index contributed by atoms with van der Waals surface area (Å²) >= 11 is 0. The van der Waals surface area contributed by atoms with Crippen molar-refractivity contribution in [3.63, 3.8) is 0 Å². The predicted octanol–water partition coefficient (Wildman–Crippen LogP) is 0.707. The van der Waals surface area contributed by atoms with E-state index < -0.39 is 0 Å². The highest BCUT2D eigenvalue weighted by atomic mass is 16.5. The average Bonchev–Trinajstić information content (AvgIpc) is 2.40. The van der Waals surface area contributed by atoms with Crippen LogP contribution in [0.3, 0.4) is 0 Å². The number of pyridine rings is 2. The Hall–Kier alpha value is -1.72. The molecule has 0 spiro atoms. The third-order valence-corrected chi connectivity index (χ3v) is 2.68. The van der Waals surface area contributed by atoms with Crippen LogP contribution < -0.4 is 4.74 Å². The molecule has 0 amide bonds. The van der Waals surface area contributed by atoms with Gasteiger partial charge in [-0.25, -0.2) is 4.98 Å². The molecule has 0 aliphatic rings. The van der Waals surface area contributed by atoms with Gasteiger partial charge in [0.05, 0.1) is 31.4 Å². The first kappa shape index (κ1) is 11.8. The summed E-state index contributed by atoms with van der Waals surface area (Å²) in [6.07, 6.45) is 1.64. The van der Waals surface area contributed by atoms with Crippen molar-refractivity contribution in [3.8, 4) is 5.88 Å². The fourth-order valence-electron chi connectivity index (χ4n) is 1.72. The number of ether oxygens (including phenoxy) is 1. The molecule has 0 aliphatic heterocycles. The van der Waals surface area contributed by atoms with E-state index in [0.29, 0.717) is 11.4 Å². The fourth-order valence-corrected chi connectivity index (χ4v) is 1.72. The minimum absolute atomic E-state index is 0.130. The molecular formula is C12H14N2O3. The van der Waals surface area contributed by atoms with Crippen LogP contribution in [-0.2, 0) is 0 Å². The second kappa shape index (κ2) is 5.07. The SMILES string of the molecule is COc1ccc2nccc(C(CO)CO)c2n1. The first-order valence-corrected chi connectivity index (χ1v) is 5.31. The number of aromatic nitrogens is 2. The van der Waals surface area contributed by atoms with Crippen LogP contribution in [-0.4, -0.2) is 40.5 Å². The van der Waals surface area contributed by atoms with E-state index in [4.69, 9.17) is 4.74 Å². The van der Waals surface area contributed by atoms with Crippen LogP contribution in [0, 0.1) is 0 Å². The van der Waals surface area contributed by atoms with E-state index in [1.54, 1.807) is 31.5 Å². The van der Waals surface area contributed by atoms with Crippen molar-refractivity contribution in [2.75, 3.05) is 20.3 Å². The zero-order valence-electron chi connectivity index (χ0n) is 9.50. The Morgan fingerprint density at radius 2 is 2.00 bits per heavy atom. The molecule has 0 bridgehead atoms. The smallest absolute Gasteiger partial charge is 0.213 e. The number of aliphatic hydroxyl groups excluding tert-OH is 2. The Bertz CT molecular complexity index is 512. The van der Waals surface area contributed by atoms with Crippen molar-refractivity contribution in [2.24, 2.45) is 0 Å². The number of aliphatic hydroxyl groups is 2. The van der Waals surface area contributed by atoms with E-state index in [1.165, 1.54) is 0 Å². The standard InChI is InChI=1S/C12H14N2O3/c1-17-11-3-2-10-12(14-11)9(4-5-13-10)8(6-15)7-16/h2-5,8,15-16H,6-7H2,1H3. The maximum atomic E-state index is 9.23. The van der Waals surface area contributed by atoms with Crippen molar-refractivity contribution >= 4 is 11.0 Å². The van der Waals surface area contributed by atoms with Gasteiger partial charge in [-0.1, -0.05) is 0 Å². The Morgan fingerprint density at radius 1 is 1.24 bits per heavy atom. The fraction of sp³-hybridized carbons (Fsp3) is 0.333. The zero-order valence-corrected chi connectivity index (χ0v) is 9.50. The van der Waals surface area contributed by atoms with Crippen molar-refractivity contribution in [1.29, 1.82) is 0 Å². The van der Waals surface area contributed by atoms with Crippen LogP contribution >= 0.6 is 0 Å². The van der Waals surface area contributed by atoms with Crippen LogP contribution in [0.1, 0.15) is 11.5 Å². The van der Waals surface area contributed by atoms with Crippen LogP contribution in [0.2, 0.25) is 0 Å². The van der Waals surface area contributed by atoms with E-state index >= 15 is 0 Å². The van der Waals surface area contributed by atoms with Gasteiger partial charge >= 0.3 is 0 Å². The van der Waals surface area contributed by atoms with Crippen LogP contribution in [0.15, 0.2) is 24.4 Å². The Labute approximate surface area is 98.7 Å². The minimum atomic E-state index is -0.347. The highest BCUT2D eigenvalue weighted by Crippen LogP contribution is 2.24. The van der Waals surface area contributed by atoms with Gasteiger partial charge in [0.1, 0.15) is 0 Å². The molecule has 0 radical (unpaired) electrons. The number of hydrogen-bond acceptors (Lipinski definition) is 5. The summed E-state index contributed by atoms with van der Waals surface area (Å²) < 4.78 is 5.06. The quantitative estimate of drug-likeness (QED) is 0.814. The predicted molar refractivity (Wildman–Crippen MR) is 63.0 cm³/mol. The van der Waals surface area contributed by atoms with Gasteiger partial charge in [-0.15, -0.1) is 0 Å². The molecular weight excluding hydrogens is 220 g/mol. The molecule has 0 saturated carbocycles. The topological polar surface area (TPSA) is 75.5 Å². The monoisotopic (exact) mass is 234 g/mol. The first-order chi connectivity index (χ1) is 8.30. The largest absolute Gasteiger partial charge is 0.481 e. The molecule has 90 valence electrons. The van der Waals surface area contributed by atoms with Crippen LogP contribution in [0.4, 0.5) is 0 Å². The molecule has 2 N–H and O–H groups in total.